The number of benzene rings is 1. The number of aromatic nitrogens is 2. The summed E-state index contributed by atoms with van der Waals surface area (Å²) >= 11 is 0. The van der Waals surface area contributed by atoms with Crippen LogP contribution in [-0.2, 0) is 16.6 Å². The van der Waals surface area contributed by atoms with Crippen molar-refractivity contribution in [2.75, 3.05) is 6.61 Å². The summed E-state index contributed by atoms with van der Waals surface area (Å²) in [5.74, 6) is -2.30. The van der Waals surface area contributed by atoms with Gasteiger partial charge in [0, 0.05) is 12.4 Å². The molecule has 10 heteroatoms. The molecular weight excluding hydrogens is 356 g/mol. The molecule has 2 amide bonds. The number of nitrogens with one attached hydrogen (secondary N) is 2. The second kappa shape index (κ2) is 7.52. The summed E-state index contributed by atoms with van der Waals surface area (Å²) in [4.78, 5) is 47.7. The lowest BCUT2D eigenvalue weighted by Gasteiger charge is -2.09. The van der Waals surface area contributed by atoms with E-state index in [1.807, 2.05) is 0 Å². The Labute approximate surface area is 151 Å². The van der Waals surface area contributed by atoms with E-state index in [4.69, 9.17) is 9.15 Å². The largest absolute Gasteiger partial charge is 0.459 e. The summed E-state index contributed by atoms with van der Waals surface area (Å²) in [6, 6.07) is 9.36. The van der Waals surface area contributed by atoms with Gasteiger partial charge in [-0.3, -0.25) is 25.2 Å². The van der Waals surface area contributed by atoms with Crippen LogP contribution in [0.1, 0.15) is 21.0 Å². The van der Waals surface area contributed by atoms with Gasteiger partial charge in [0.15, 0.2) is 18.1 Å². The summed E-state index contributed by atoms with van der Waals surface area (Å²) in [6.45, 7) is -0.657. The molecule has 138 valence electrons. The Kier molecular flexibility index (Phi) is 4.97. The van der Waals surface area contributed by atoms with E-state index in [1.54, 1.807) is 24.3 Å². The molecule has 2 heterocycles. The smallest absolute Gasteiger partial charge is 0.359 e. The average Bonchev–Trinajstić information content (AvgIpc) is 3.22. The lowest BCUT2D eigenvalue weighted by Crippen LogP contribution is -2.43. The molecule has 2 N–H and O–H groups in total. The number of amides is 2. The molecule has 0 saturated carbocycles. The van der Waals surface area contributed by atoms with Gasteiger partial charge < -0.3 is 9.15 Å². The minimum atomic E-state index is -0.880. The molecule has 0 aliphatic heterocycles. The highest BCUT2D eigenvalue weighted by molar-refractivity contribution is 6.02. The number of carbonyl (C=O) groups excluding carboxylic acids is 3. The molecule has 0 unspecified atom stereocenters. The van der Waals surface area contributed by atoms with Gasteiger partial charge in [0.2, 0.25) is 0 Å². The zero-order valence-electron chi connectivity index (χ0n) is 14.1. The number of rotatable bonds is 4. The topological polar surface area (TPSA) is 133 Å². The first-order valence-electron chi connectivity index (χ1n) is 7.73. The molecule has 0 bridgehead atoms. The van der Waals surface area contributed by atoms with Crippen molar-refractivity contribution in [3.05, 3.63) is 64.5 Å². The Hall–Kier alpha value is -3.95. The molecule has 27 heavy (non-hydrogen) atoms. The number of ether oxygens (including phenoxy) is 1. The molecule has 0 radical (unpaired) electrons. The second-order valence-corrected chi connectivity index (χ2v) is 5.38. The minimum absolute atomic E-state index is 0.00756. The number of hydrogen-bond acceptors (Lipinski definition) is 7. The lowest BCUT2D eigenvalue weighted by atomic mass is 10.1. The highest BCUT2D eigenvalue weighted by atomic mass is 16.5. The summed E-state index contributed by atoms with van der Waals surface area (Å²) in [6.07, 6.45) is 1.31. The summed E-state index contributed by atoms with van der Waals surface area (Å²) in [5.41, 5.74) is 3.74. The lowest BCUT2D eigenvalue weighted by molar-refractivity contribution is -0.125. The predicted octanol–water partition coefficient (Wildman–Crippen LogP) is 0.145. The molecule has 0 spiro atoms. The van der Waals surface area contributed by atoms with Crippen LogP contribution in [-0.4, -0.2) is 34.2 Å². The molecule has 3 rings (SSSR count). The second-order valence-electron chi connectivity index (χ2n) is 5.38. The van der Waals surface area contributed by atoms with Crippen LogP contribution >= 0.6 is 0 Å². The van der Waals surface area contributed by atoms with Crippen molar-refractivity contribution in [2.24, 2.45) is 7.05 Å². The molecule has 0 saturated heterocycles. The predicted molar refractivity (Wildman–Crippen MR) is 91.6 cm³/mol. The van der Waals surface area contributed by atoms with Crippen LogP contribution in [0.3, 0.4) is 0 Å². The Morgan fingerprint density at radius 1 is 1.11 bits per heavy atom. The van der Waals surface area contributed by atoms with Crippen molar-refractivity contribution in [3.63, 3.8) is 0 Å². The summed E-state index contributed by atoms with van der Waals surface area (Å²) in [7, 11) is 1.41. The average molecular weight is 370 g/mol. The Morgan fingerprint density at radius 2 is 1.85 bits per heavy atom. The van der Waals surface area contributed by atoms with Crippen LogP contribution in [0.15, 0.2) is 51.9 Å². The highest BCUT2D eigenvalue weighted by Gasteiger charge is 2.18. The molecule has 2 aromatic heterocycles. The van der Waals surface area contributed by atoms with E-state index < -0.39 is 24.4 Å². The fourth-order valence-corrected chi connectivity index (χ4v) is 2.28. The zero-order chi connectivity index (χ0) is 19.4. The first-order chi connectivity index (χ1) is 13.0. The first-order valence-corrected chi connectivity index (χ1v) is 7.73. The quantitative estimate of drug-likeness (QED) is 0.493. The van der Waals surface area contributed by atoms with Crippen LogP contribution in [0.5, 0.6) is 0 Å². The maximum Gasteiger partial charge on any atom is 0.359 e. The Morgan fingerprint density at radius 3 is 2.56 bits per heavy atom. The number of hydrogen-bond donors (Lipinski definition) is 2. The molecule has 0 fully saturated rings. The summed E-state index contributed by atoms with van der Waals surface area (Å²) in [5, 5.41) is 4.52. The van der Waals surface area contributed by atoms with Gasteiger partial charge in [-0.1, -0.05) is 18.2 Å². The van der Waals surface area contributed by atoms with Crippen molar-refractivity contribution in [1.82, 2.24) is 20.6 Å². The number of nitrogens with zero attached hydrogens (tertiary/aromatic N) is 2. The number of fused-ring (bicyclic) bond motifs is 1. The normalized spacial score (nSPS) is 10.4. The van der Waals surface area contributed by atoms with E-state index in [9.17, 15) is 19.2 Å². The molecule has 0 aliphatic rings. The van der Waals surface area contributed by atoms with E-state index in [0.29, 0.717) is 10.8 Å². The first kappa shape index (κ1) is 17.9. The van der Waals surface area contributed by atoms with Crippen LogP contribution in [0.2, 0.25) is 0 Å². The Bertz CT molecular complexity index is 1070. The standard InChI is InChI=1S/C17H14N4O6/c1-21-16(24)11-6-3-2-5-10(11)14(20-21)17(25)27-9-13(22)18-19-15(23)12-7-4-8-26-12/h2-8H,9H2,1H3,(H,18,22)(H,19,23). The van der Waals surface area contributed by atoms with E-state index in [-0.39, 0.29) is 17.0 Å². The van der Waals surface area contributed by atoms with Crippen molar-refractivity contribution in [3.8, 4) is 0 Å². The molecule has 0 atom stereocenters. The van der Waals surface area contributed by atoms with Gasteiger partial charge in [-0.05, 0) is 18.2 Å². The molecule has 3 aromatic rings. The molecule has 0 aliphatic carbocycles. The van der Waals surface area contributed by atoms with Crippen molar-refractivity contribution < 1.29 is 23.5 Å². The number of aryl methyl sites for hydroxylation is 1. The summed E-state index contributed by atoms with van der Waals surface area (Å²) < 4.78 is 10.8. The van der Waals surface area contributed by atoms with E-state index in [0.717, 1.165) is 4.68 Å². The van der Waals surface area contributed by atoms with Crippen molar-refractivity contribution in [2.45, 2.75) is 0 Å². The third-order valence-corrected chi connectivity index (χ3v) is 3.54. The van der Waals surface area contributed by atoms with Gasteiger partial charge in [0.25, 0.3) is 11.5 Å². The van der Waals surface area contributed by atoms with Crippen molar-refractivity contribution in [1.29, 1.82) is 0 Å². The third kappa shape index (κ3) is 3.84. The molecular formula is C17H14N4O6. The van der Waals surface area contributed by atoms with Gasteiger partial charge in [-0.15, -0.1) is 0 Å². The molecule has 10 nitrogen and oxygen atoms in total. The zero-order valence-corrected chi connectivity index (χ0v) is 14.1. The number of furan rings is 1. The number of esters is 1. The number of hydrazine groups is 1. The fourth-order valence-electron chi connectivity index (χ4n) is 2.28. The highest BCUT2D eigenvalue weighted by Crippen LogP contribution is 2.13. The van der Waals surface area contributed by atoms with Gasteiger partial charge in [-0.2, -0.15) is 5.10 Å². The monoisotopic (exact) mass is 370 g/mol. The third-order valence-electron chi connectivity index (χ3n) is 3.54. The van der Waals surface area contributed by atoms with Gasteiger partial charge in [0.1, 0.15) is 0 Å². The minimum Gasteiger partial charge on any atom is -0.459 e. The van der Waals surface area contributed by atoms with E-state index in [2.05, 4.69) is 16.0 Å². The van der Waals surface area contributed by atoms with Gasteiger partial charge in [0.05, 0.1) is 11.6 Å². The fraction of sp³-hybridized carbons (Fsp3) is 0.118. The van der Waals surface area contributed by atoms with Crippen LogP contribution < -0.4 is 16.4 Å². The van der Waals surface area contributed by atoms with Crippen molar-refractivity contribution >= 4 is 28.6 Å². The van der Waals surface area contributed by atoms with Crippen LogP contribution in [0, 0.1) is 0 Å². The molecule has 1 aromatic carbocycles. The van der Waals surface area contributed by atoms with E-state index in [1.165, 1.54) is 25.4 Å². The van der Waals surface area contributed by atoms with Crippen LogP contribution in [0.4, 0.5) is 0 Å². The van der Waals surface area contributed by atoms with Crippen LogP contribution in [0.25, 0.3) is 10.8 Å². The van der Waals surface area contributed by atoms with Gasteiger partial charge in [-0.25, -0.2) is 9.48 Å². The van der Waals surface area contributed by atoms with Gasteiger partial charge >= 0.3 is 11.9 Å². The Balaban J connectivity index is 1.63. The van der Waals surface area contributed by atoms with E-state index >= 15 is 0 Å². The maximum absolute atomic E-state index is 12.3. The SMILES string of the molecule is Cn1nc(C(=O)OCC(=O)NNC(=O)c2ccco2)c2ccccc2c1=O. The maximum atomic E-state index is 12.3. The number of carbonyl (C=O) groups is 3.